The molecule has 0 aliphatic carbocycles. The first kappa shape index (κ1) is 21.0. The van der Waals surface area contributed by atoms with E-state index in [9.17, 15) is 14.4 Å². The van der Waals surface area contributed by atoms with Crippen LogP contribution in [0.2, 0.25) is 0 Å². The van der Waals surface area contributed by atoms with Crippen LogP contribution in [0.15, 0.2) is 53.4 Å². The molecule has 2 heterocycles. The van der Waals surface area contributed by atoms with Crippen molar-refractivity contribution in [1.29, 1.82) is 0 Å². The van der Waals surface area contributed by atoms with Crippen molar-refractivity contribution in [2.24, 2.45) is 0 Å². The normalized spacial score (nSPS) is 17.3. The van der Waals surface area contributed by atoms with Crippen LogP contribution in [-0.4, -0.2) is 41.8 Å². The predicted molar refractivity (Wildman–Crippen MR) is 118 cm³/mol. The number of ether oxygens (including phenoxy) is 2. The Morgan fingerprint density at radius 2 is 1.94 bits per heavy atom. The Hall–Kier alpha value is -3.26. The maximum atomic E-state index is 12.7. The molecule has 7 nitrogen and oxygen atoms in total. The Kier molecular flexibility index (Phi) is 6.27. The van der Waals surface area contributed by atoms with E-state index in [2.05, 4.69) is 5.32 Å². The highest BCUT2D eigenvalue weighted by molar-refractivity contribution is 8.18. The SMILES string of the molecule is CCC(C(=O)NCCN1C(=O)SC(=Cc2ccc3c(c2)OCO3)C1=O)c1ccccc1. The summed E-state index contributed by atoms with van der Waals surface area (Å²) < 4.78 is 10.6. The first-order valence-electron chi connectivity index (χ1n) is 10.0. The molecule has 1 fully saturated rings. The summed E-state index contributed by atoms with van der Waals surface area (Å²) in [4.78, 5) is 39.1. The molecule has 0 bridgehead atoms. The molecule has 4 rings (SSSR count). The molecule has 8 heteroatoms. The zero-order valence-electron chi connectivity index (χ0n) is 17.0. The lowest BCUT2D eigenvalue weighted by atomic mass is 9.96. The zero-order valence-corrected chi connectivity index (χ0v) is 17.8. The first-order valence-corrected chi connectivity index (χ1v) is 10.9. The van der Waals surface area contributed by atoms with Gasteiger partial charge in [-0.05, 0) is 47.5 Å². The Morgan fingerprint density at radius 3 is 2.71 bits per heavy atom. The van der Waals surface area contributed by atoms with Crippen LogP contribution >= 0.6 is 11.8 Å². The predicted octanol–water partition coefficient (Wildman–Crippen LogP) is 3.76. The Balaban J connectivity index is 1.35. The largest absolute Gasteiger partial charge is 0.454 e. The summed E-state index contributed by atoms with van der Waals surface area (Å²) in [7, 11) is 0. The zero-order chi connectivity index (χ0) is 21.8. The smallest absolute Gasteiger partial charge is 0.293 e. The molecule has 0 spiro atoms. The van der Waals surface area contributed by atoms with Crippen molar-refractivity contribution < 1.29 is 23.9 Å². The van der Waals surface area contributed by atoms with Crippen molar-refractivity contribution in [3.63, 3.8) is 0 Å². The van der Waals surface area contributed by atoms with Crippen LogP contribution in [0.4, 0.5) is 4.79 Å². The van der Waals surface area contributed by atoms with Gasteiger partial charge in [0.15, 0.2) is 11.5 Å². The molecule has 3 amide bonds. The highest BCUT2D eigenvalue weighted by Crippen LogP contribution is 2.36. The number of hydrogen-bond donors (Lipinski definition) is 1. The number of rotatable bonds is 7. The summed E-state index contributed by atoms with van der Waals surface area (Å²) in [5, 5.41) is 2.50. The summed E-state index contributed by atoms with van der Waals surface area (Å²) in [6, 6.07) is 14.9. The maximum absolute atomic E-state index is 12.7. The van der Waals surface area contributed by atoms with E-state index in [0.717, 1.165) is 27.8 Å². The number of hydrogen-bond acceptors (Lipinski definition) is 6. The van der Waals surface area contributed by atoms with Crippen molar-refractivity contribution in [2.75, 3.05) is 19.9 Å². The number of benzene rings is 2. The molecule has 2 aliphatic rings. The van der Waals surface area contributed by atoms with Gasteiger partial charge in [0, 0.05) is 13.1 Å². The molecular weight excluding hydrogens is 416 g/mol. The van der Waals surface area contributed by atoms with Crippen LogP contribution in [0.5, 0.6) is 11.5 Å². The molecule has 0 saturated carbocycles. The van der Waals surface area contributed by atoms with Gasteiger partial charge in [-0.3, -0.25) is 19.3 Å². The standard InChI is InChI=1S/C23H22N2O5S/c1-2-17(16-6-4-3-5-7-16)21(26)24-10-11-25-22(27)20(31-23(25)28)13-15-8-9-18-19(12-15)30-14-29-18/h3-9,12-13,17H,2,10-11,14H2,1H3,(H,24,26). The minimum atomic E-state index is -0.364. The van der Waals surface area contributed by atoms with Gasteiger partial charge >= 0.3 is 0 Å². The molecule has 1 unspecified atom stereocenters. The van der Waals surface area contributed by atoms with E-state index in [1.54, 1.807) is 24.3 Å². The van der Waals surface area contributed by atoms with E-state index in [4.69, 9.17) is 9.47 Å². The molecule has 0 aromatic heterocycles. The molecule has 31 heavy (non-hydrogen) atoms. The first-order chi connectivity index (χ1) is 15.1. The van der Waals surface area contributed by atoms with Crippen molar-refractivity contribution in [3.8, 4) is 11.5 Å². The molecule has 2 aromatic rings. The van der Waals surface area contributed by atoms with Gasteiger partial charge in [-0.25, -0.2) is 0 Å². The van der Waals surface area contributed by atoms with Gasteiger partial charge in [0.2, 0.25) is 12.7 Å². The van der Waals surface area contributed by atoms with E-state index >= 15 is 0 Å². The molecule has 0 radical (unpaired) electrons. The van der Waals surface area contributed by atoms with E-state index in [-0.39, 0.29) is 42.9 Å². The Morgan fingerprint density at radius 1 is 1.16 bits per heavy atom. The number of imide groups is 1. The van der Waals surface area contributed by atoms with Crippen LogP contribution in [0.25, 0.3) is 6.08 Å². The Bertz CT molecular complexity index is 1040. The third-order valence-corrected chi connectivity index (χ3v) is 6.04. The van der Waals surface area contributed by atoms with Gasteiger partial charge < -0.3 is 14.8 Å². The second-order valence-electron chi connectivity index (χ2n) is 7.11. The van der Waals surface area contributed by atoms with Gasteiger partial charge in [0.1, 0.15) is 0 Å². The average Bonchev–Trinajstić information content (AvgIpc) is 3.34. The van der Waals surface area contributed by atoms with Crippen LogP contribution < -0.4 is 14.8 Å². The van der Waals surface area contributed by atoms with Gasteiger partial charge in [0.25, 0.3) is 11.1 Å². The van der Waals surface area contributed by atoms with E-state index in [0.29, 0.717) is 22.8 Å². The van der Waals surface area contributed by atoms with E-state index in [1.165, 1.54) is 0 Å². The molecule has 160 valence electrons. The van der Waals surface area contributed by atoms with Crippen LogP contribution in [0.1, 0.15) is 30.4 Å². The molecule has 1 atom stereocenters. The lowest BCUT2D eigenvalue weighted by Gasteiger charge is -2.17. The average molecular weight is 439 g/mol. The highest BCUT2D eigenvalue weighted by Gasteiger charge is 2.35. The lowest BCUT2D eigenvalue weighted by molar-refractivity contribution is -0.125. The molecule has 2 aliphatic heterocycles. The molecule has 1 saturated heterocycles. The maximum Gasteiger partial charge on any atom is 0.293 e. The lowest BCUT2D eigenvalue weighted by Crippen LogP contribution is -2.38. The van der Waals surface area contributed by atoms with E-state index in [1.807, 2.05) is 37.3 Å². The topological polar surface area (TPSA) is 84.9 Å². The van der Waals surface area contributed by atoms with Crippen molar-refractivity contribution in [1.82, 2.24) is 10.2 Å². The molecule has 1 N–H and O–H groups in total. The summed E-state index contributed by atoms with van der Waals surface area (Å²) in [6.07, 6.45) is 2.32. The summed E-state index contributed by atoms with van der Waals surface area (Å²) in [5.74, 6) is 0.525. The van der Waals surface area contributed by atoms with Crippen molar-refractivity contribution >= 4 is 34.9 Å². The molecular formula is C23H22N2O5S. The summed E-state index contributed by atoms with van der Waals surface area (Å²) in [5.41, 5.74) is 1.69. The van der Waals surface area contributed by atoms with Crippen LogP contribution in [0, 0.1) is 0 Å². The minimum absolute atomic E-state index is 0.114. The minimum Gasteiger partial charge on any atom is -0.454 e. The molecule has 2 aromatic carbocycles. The fraction of sp³-hybridized carbons (Fsp3) is 0.261. The van der Waals surface area contributed by atoms with Gasteiger partial charge in [0.05, 0.1) is 10.8 Å². The third-order valence-electron chi connectivity index (χ3n) is 5.13. The number of nitrogens with zero attached hydrogens (tertiary/aromatic N) is 1. The van der Waals surface area contributed by atoms with Gasteiger partial charge in [-0.1, -0.05) is 43.3 Å². The number of amides is 3. The number of thioether (sulfide) groups is 1. The number of fused-ring (bicyclic) bond motifs is 1. The fourth-order valence-electron chi connectivity index (χ4n) is 3.52. The van der Waals surface area contributed by atoms with Crippen LogP contribution in [-0.2, 0) is 9.59 Å². The highest BCUT2D eigenvalue weighted by atomic mass is 32.2. The van der Waals surface area contributed by atoms with Crippen molar-refractivity contribution in [3.05, 3.63) is 64.6 Å². The monoisotopic (exact) mass is 438 g/mol. The number of carbonyl (C=O) groups excluding carboxylic acids is 3. The number of nitrogens with one attached hydrogen (secondary N) is 1. The van der Waals surface area contributed by atoms with E-state index < -0.39 is 0 Å². The van der Waals surface area contributed by atoms with Gasteiger partial charge in [-0.15, -0.1) is 0 Å². The van der Waals surface area contributed by atoms with Crippen molar-refractivity contribution in [2.45, 2.75) is 19.3 Å². The summed E-state index contributed by atoms with van der Waals surface area (Å²) >= 11 is 0.890. The fourth-order valence-corrected chi connectivity index (χ4v) is 4.38. The van der Waals surface area contributed by atoms with Crippen LogP contribution in [0.3, 0.4) is 0 Å². The number of carbonyl (C=O) groups is 3. The van der Waals surface area contributed by atoms with Gasteiger partial charge in [-0.2, -0.15) is 0 Å². The second kappa shape index (κ2) is 9.26. The second-order valence-corrected chi connectivity index (χ2v) is 8.10. The Labute approximate surface area is 184 Å². The quantitative estimate of drug-likeness (QED) is 0.663. The summed E-state index contributed by atoms with van der Waals surface area (Å²) in [6.45, 7) is 2.45. The third kappa shape index (κ3) is 4.59.